The first kappa shape index (κ1) is 14.9. The van der Waals surface area contributed by atoms with Crippen LogP contribution in [0.5, 0.6) is 0 Å². The third-order valence-electron chi connectivity index (χ3n) is 2.45. The third kappa shape index (κ3) is 2.96. The van der Waals surface area contributed by atoms with Crippen LogP contribution >= 0.6 is 27.5 Å². The van der Waals surface area contributed by atoms with E-state index >= 15 is 0 Å². The largest absolute Gasteiger partial charge is 0.319 e. The average Bonchev–Trinajstić information content (AvgIpc) is 2.39. The summed E-state index contributed by atoms with van der Waals surface area (Å²) >= 11 is 8.45. The fourth-order valence-corrected chi connectivity index (χ4v) is 2.01. The number of carbonyl (C=O) groups excluding carboxylic acids is 1. The predicted molar refractivity (Wildman–Crippen MR) is 73.4 cm³/mol. The highest BCUT2D eigenvalue weighted by Crippen LogP contribution is 2.25. The van der Waals surface area contributed by atoms with Gasteiger partial charge in [-0.2, -0.15) is 0 Å². The van der Waals surface area contributed by atoms with Crippen LogP contribution in [-0.4, -0.2) is 5.91 Å². The monoisotopic (exact) mass is 363 g/mol. The van der Waals surface area contributed by atoms with Crippen molar-refractivity contribution in [2.45, 2.75) is 0 Å². The molecule has 1 amide bonds. The van der Waals surface area contributed by atoms with Crippen molar-refractivity contribution in [2.24, 2.45) is 0 Å². The number of nitrogens with one attached hydrogen (secondary N) is 1. The minimum Gasteiger partial charge on any atom is -0.319 e. The summed E-state index contributed by atoms with van der Waals surface area (Å²) in [7, 11) is 0. The molecule has 0 atom stereocenters. The molecule has 2 aromatic rings. The van der Waals surface area contributed by atoms with Crippen molar-refractivity contribution in [3.8, 4) is 0 Å². The fourth-order valence-electron chi connectivity index (χ4n) is 1.49. The Labute approximate surface area is 125 Å². The Morgan fingerprint density at radius 3 is 2.50 bits per heavy atom. The van der Waals surface area contributed by atoms with Crippen LogP contribution in [0, 0.1) is 17.5 Å². The predicted octanol–water partition coefficient (Wildman–Crippen LogP) is 4.77. The topological polar surface area (TPSA) is 29.1 Å². The summed E-state index contributed by atoms with van der Waals surface area (Å²) in [6, 6.07) is 5.32. The molecule has 0 fully saturated rings. The van der Waals surface area contributed by atoms with Gasteiger partial charge in [-0.05, 0) is 34.1 Å². The van der Waals surface area contributed by atoms with E-state index in [1.54, 1.807) is 0 Å². The molecule has 0 aliphatic heterocycles. The summed E-state index contributed by atoms with van der Waals surface area (Å²) < 4.78 is 40.0. The molecule has 0 saturated carbocycles. The standard InChI is InChI=1S/C13H6BrClF3NO/c14-7-4-10(18)11(5-9(7)17)19-13(20)6-2-1-3-8(16)12(6)15/h1-5H,(H,19,20). The first-order valence-corrected chi connectivity index (χ1v) is 6.47. The number of carbonyl (C=O) groups is 1. The molecule has 2 rings (SSSR count). The molecule has 20 heavy (non-hydrogen) atoms. The summed E-state index contributed by atoms with van der Waals surface area (Å²) in [6.07, 6.45) is 0. The first-order valence-electron chi connectivity index (χ1n) is 5.30. The molecule has 0 bridgehead atoms. The summed E-state index contributed by atoms with van der Waals surface area (Å²) in [5.41, 5.74) is -0.537. The van der Waals surface area contributed by atoms with E-state index in [-0.39, 0.29) is 20.7 Å². The Bertz CT molecular complexity index is 694. The van der Waals surface area contributed by atoms with E-state index in [0.29, 0.717) is 0 Å². The Morgan fingerprint density at radius 2 is 1.80 bits per heavy atom. The number of benzene rings is 2. The van der Waals surface area contributed by atoms with E-state index in [4.69, 9.17) is 11.6 Å². The van der Waals surface area contributed by atoms with E-state index in [0.717, 1.165) is 18.2 Å². The van der Waals surface area contributed by atoms with Gasteiger partial charge in [-0.3, -0.25) is 4.79 Å². The quantitative estimate of drug-likeness (QED) is 0.764. The molecule has 0 aromatic heterocycles. The number of anilines is 1. The van der Waals surface area contributed by atoms with E-state index in [9.17, 15) is 18.0 Å². The lowest BCUT2D eigenvalue weighted by Crippen LogP contribution is -2.14. The number of rotatable bonds is 2. The highest BCUT2D eigenvalue weighted by molar-refractivity contribution is 9.10. The average molecular weight is 365 g/mol. The molecular formula is C13H6BrClF3NO. The molecule has 0 unspecified atom stereocenters. The van der Waals surface area contributed by atoms with Gasteiger partial charge in [0, 0.05) is 6.07 Å². The summed E-state index contributed by atoms with van der Waals surface area (Å²) in [4.78, 5) is 11.9. The maximum Gasteiger partial charge on any atom is 0.257 e. The van der Waals surface area contributed by atoms with Crippen molar-refractivity contribution in [2.75, 3.05) is 5.32 Å². The van der Waals surface area contributed by atoms with Crippen LogP contribution in [0.3, 0.4) is 0 Å². The van der Waals surface area contributed by atoms with Crippen LogP contribution in [0.2, 0.25) is 5.02 Å². The maximum atomic E-state index is 13.6. The fraction of sp³-hybridized carbons (Fsp3) is 0. The van der Waals surface area contributed by atoms with Crippen LogP contribution in [0.25, 0.3) is 0 Å². The zero-order valence-corrected chi connectivity index (χ0v) is 12.0. The normalized spacial score (nSPS) is 10.4. The van der Waals surface area contributed by atoms with Crippen molar-refractivity contribution in [1.82, 2.24) is 0 Å². The van der Waals surface area contributed by atoms with E-state index in [1.165, 1.54) is 12.1 Å². The molecule has 1 N–H and O–H groups in total. The van der Waals surface area contributed by atoms with E-state index in [2.05, 4.69) is 21.2 Å². The van der Waals surface area contributed by atoms with Crippen molar-refractivity contribution < 1.29 is 18.0 Å². The number of halogens is 5. The Kier molecular flexibility index (Phi) is 4.35. The minimum atomic E-state index is -0.838. The van der Waals surface area contributed by atoms with Gasteiger partial charge >= 0.3 is 0 Å². The van der Waals surface area contributed by atoms with Crippen molar-refractivity contribution in [1.29, 1.82) is 0 Å². The van der Waals surface area contributed by atoms with Gasteiger partial charge < -0.3 is 5.32 Å². The van der Waals surface area contributed by atoms with Crippen LogP contribution in [0.4, 0.5) is 18.9 Å². The molecule has 0 aliphatic carbocycles. The number of hydrogen-bond donors (Lipinski definition) is 1. The molecule has 7 heteroatoms. The molecule has 2 nitrogen and oxygen atoms in total. The molecule has 2 aromatic carbocycles. The molecule has 0 radical (unpaired) electrons. The lowest BCUT2D eigenvalue weighted by molar-refractivity contribution is 0.102. The second kappa shape index (κ2) is 5.85. The van der Waals surface area contributed by atoms with Crippen molar-refractivity contribution >= 4 is 39.1 Å². The third-order valence-corrected chi connectivity index (χ3v) is 3.45. The molecule has 0 saturated heterocycles. The SMILES string of the molecule is O=C(Nc1cc(F)c(Br)cc1F)c1cccc(F)c1Cl. The smallest absolute Gasteiger partial charge is 0.257 e. The lowest BCUT2D eigenvalue weighted by atomic mass is 10.2. The van der Waals surface area contributed by atoms with Crippen LogP contribution in [0.1, 0.15) is 10.4 Å². The van der Waals surface area contributed by atoms with Crippen LogP contribution in [0.15, 0.2) is 34.8 Å². The Balaban J connectivity index is 2.33. The zero-order chi connectivity index (χ0) is 14.9. The van der Waals surface area contributed by atoms with Gasteiger partial charge in [0.25, 0.3) is 5.91 Å². The van der Waals surface area contributed by atoms with Crippen molar-refractivity contribution in [3.63, 3.8) is 0 Å². The minimum absolute atomic E-state index is 0.0724. The lowest BCUT2D eigenvalue weighted by Gasteiger charge is -2.09. The number of amides is 1. The van der Waals surface area contributed by atoms with Gasteiger partial charge in [-0.15, -0.1) is 0 Å². The van der Waals surface area contributed by atoms with Crippen LogP contribution < -0.4 is 5.32 Å². The van der Waals surface area contributed by atoms with Crippen LogP contribution in [-0.2, 0) is 0 Å². The molecule has 104 valence electrons. The molecule has 0 aliphatic rings. The second-order valence-electron chi connectivity index (χ2n) is 3.80. The van der Waals surface area contributed by atoms with Gasteiger partial charge in [0.1, 0.15) is 17.5 Å². The highest BCUT2D eigenvalue weighted by Gasteiger charge is 2.16. The zero-order valence-electron chi connectivity index (χ0n) is 9.68. The summed E-state index contributed by atoms with van der Waals surface area (Å²) in [6.45, 7) is 0. The molecule has 0 spiro atoms. The Hall–Kier alpha value is -1.53. The first-order chi connectivity index (χ1) is 9.40. The van der Waals surface area contributed by atoms with Gasteiger partial charge in [-0.1, -0.05) is 17.7 Å². The van der Waals surface area contributed by atoms with E-state index in [1.807, 2.05) is 0 Å². The van der Waals surface area contributed by atoms with Gasteiger partial charge in [0.05, 0.1) is 20.7 Å². The van der Waals surface area contributed by atoms with Gasteiger partial charge in [0.2, 0.25) is 0 Å². The highest BCUT2D eigenvalue weighted by atomic mass is 79.9. The maximum absolute atomic E-state index is 13.6. The number of hydrogen-bond acceptors (Lipinski definition) is 1. The van der Waals surface area contributed by atoms with Crippen molar-refractivity contribution in [3.05, 3.63) is 62.8 Å². The van der Waals surface area contributed by atoms with E-state index < -0.39 is 23.4 Å². The molecular weight excluding hydrogens is 358 g/mol. The van der Waals surface area contributed by atoms with Gasteiger partial charge in [0.15, 0.2) is 0 Å². The Morgan fingerprint density at radius 1 is 1.10 bits per heavy atom. The second-order valence-corrected chi connectivity index (χ2v) is 5.03. The molecule has 0 heterocycles. The summed E-state index contributed by atoms with van der Waals surface area (Å²) in [5.74, 6) is -3.19. The van der Waals surface area contributed by atoms with Gasteiger partial charge in [-0.25, -0.2) is 13.2 Å². The summed E-state index contributed by atoms with van der Waals surface area (Å²) in [5, 5.41) is 1.75.